The molecule has 1 atom stereocenters. The molecule has 0 saturated heterocycles. The molecule has 78 valence electrons. The molecule has 0 unspecified atom stereocenters. The normalized spacial score (nSPS) is 12.7. The van der Waals surface area contributed by atoms with Gasteiger partial charge in [-0.2, -0.15) is 5.10 Å². The van der Waals surface area contributed by atoms with E-state index in [0.29, 0.717) is 0 Å². The van der Waals surface area contributed by atoms with Crippen LogP contribution in [-0.2, 0) is 0 Å². The second kappa shape index (κ2) is 3.87. The predicted octanol–water partition coefficient (Wildman–Crippen LogP) is 2.20. The van der Waals surface area contributed by atoms with Crippen LogP contribution in [-0.4, -0.2) is 9.78 Å². The zero-order valence-electron chi connectivity index (χ0n) is 9.01. The van der Waals surface area contributed by atoms with Crippen LogP contribution in [0.5, 0.6) is 0 Å². The number of hydrogen-bond donors (Lipinski definition) is 1. The average molecular weight is 201 g/mol. The summed E-state index contributed by atoms with van der Waals surface area (Å²) in [5.41, 5.74) is 9.17. The first-order valence-corrected chi connectivity index (χ1v) is 5.04. The Hall–Kier alpha value is -1.61. The van der Waals surface area contributed by atoms with E-state index in [1.807, 2.05) is 49.1 Å². The number of hydrogen-bond acceptors (Lipinski definition) is 2. The van der Waals surface area contributed by atoms with Crippen molar-refractivity contribution in [1.82, 2.24) is 9.78 Å². The van der Waals surface area contributed by atoms with Crippen LogP contribution in [0, 0.1) is 6.92 Å². The van der Waals surface area contributed by atoms with Crippen molar-refractivity contribution in [3.63, 3.8) is 0 Å². The van der Waals surface area contributed by atoms with E-state index in [1.165, 1.54) is 0 Å². The fraction of sp³-hybridized carbons (Fsp3) is 0.250. The van der Waals surface area contributed by atoms with Crippen LogP contribution in [0.1, 0.15) is 24.1 Å². The lowest BCUT2D eigenvalue weighted by atomic mass is 10.1. The Balaban J connectivity index is 2.41. The van der Waals surface area contributed by atoms with Gasteiger partial charge >= 0.3 is 0 Å². The molecule has 15 heavy (non-hydrogen) atoms. The molecule has 0 aliphatic heterocycles. The molecule has 2 aromatic rings. The third-order valence-corrected chi connectivity index (χ3v) is 2.37. The van der Waals surface area contributed by atoms with Crippen molar-refractivity contribution >= 4 is 0 Å². The first kappa shape index (κ1) is 9.93. The molecule has 0 saturated carbocycles. The molecule has 1 aromatic heterocycles. The maximum absolute atomic E-state index is 5.84. The molecule has 0 aliphatic rings. The Morgan fingerprint density at radius 3 is 2.80 bits per heavy atom. The average Bonchev–Trinajstić information content (AvgIpc) is 2.65. The van der Waals surface area contributed by atoms with Gasteiger partial charge in [0.2, 0.25) is 0 Å². The van der Waals surface area contributed by atoms with Crippen molar-refractivity contribution in [3.05, 3.63) is 47.8 Å². The summed E-state index contributed by atoms with van der Waals surface area (Å²) in [5, 5.41) is 4.26. The lowest BCUT2D eigenvalue weighted by Gasteiger charge is -2.07. The van der Waals surface area contributed by atoms with E-state index in [4.69, 9.17) is 5.73 Å². The monoisotopic (exact) mass is 201 g/mol. The molecule has 0 radical (unpaired) electrons. The molecule has 2 rings (SSSR count). The molecule has 1 heterocycles. The van der Waals surface area contributed by atoms with Gasteiger partial charge in [-0.05, 0) is 37.1 Å². The predicted molar refractivity (Wildman–Crippen MR) is 60.9 cm³/mol. The zero-order chi connectivity index (χ0) is 10.8. The number of aromatic nitrogens is 2. The highest BCUT2D eigenvalue weighted by molar-refractivity contribution is 5.36. The summed E-state index contributed by atoms with van der Waals surface area (Å²) in [6.07, 6.45) is 3.85. The number of rotatable bonds is 2. The van der Waals surface area contributed by atoms with Gasteiger partial charge in [-0.25, -0.2) is 4.68 Å². The summed E-state index contributed by atoms with van der Waals surface area (Å²) in [7, 11) is 0. The summed E-state index contributed by atoms with van der Waals surface area (Å²) < 4.78 is 1.86. The number of nitrogens with zero attached hydrogens (tertiary/aromatic N) is 2. The van der Waals surface area contributed by atoms with Gasteiger partial charge in [0.1, 0.15) is 0 Å². The maximum atomic E-state index is 5.84. The minimum Gasteiger partial charge on any atom is -0.324 e. The molecular weight excluding hydrogens is 186 g/mol. The maximum Gasteiger partial charge on any atom is 0.0648 e. The van der Waals surface area contributed by atoms with Crippen LogP contribution >= 0.6 is 0 Å². The summed E-state index contributed by atoms with van der Waals surface area (Å²) >= 11 is 0. The highest BCUT2D eigenvalue weighted by atomic mass is 15.3. The third kappa shape index (κ3) is 2.07. The van der Waals surface area contributed by atoms with Crippen LogP contribution in [0.15, 0.2) is 36.7 Å². The first-order valence-electron chi connectivity index (χ1n) is 5.04. The van der Waals surface area contributed by atoms with E-state index in [1.54, 1.807) is 0 Å². The van der Waals surface area contributed by atoms with Gasteiger partial charge in [-0.3, -0.25) is 0 Å². The molecule has 0 bridgehead atoms. The summed E-state index contributed by atoms with van der Waals surface area (Å²) in [6, 6.07) is 8.19. The lowest BCUT2D eigenvalue weighted by Crippen LogP contribution is -2.05. The minimum atomic E-state index is 0.0570. The van der Waals surface area contributed by atoms with Crippen molar-refractivity contribution in [2.75, 3.05) is 0 Å². The molecule has 0 aliphatic carbocycles. The quantitative estimate of drug-likeness (QED) is 0.809. The van der Waals surface area contributed by atoms with Gasteiger partial charge in [0.05, 0.1) is 11.9 Å². The Kier molecular flexibility index (Phi) is 2.56. The summed E-state index contributed by atoms with van der Waals surface area (Å²) in [6.45, 7) is 4.01. The SMILES string of the molecule is Cc1cnn(-c2cccc([C@H](C)N)c2)c1. The molecule has 0 amide bonds. The van der Waals surface area contributed by atoms with Crippen LogP contribution in [0.25, 0.3) is 5.69 Å². The fourth-order valence-electron chi connectivity index (χ4n) is 1.50. The molecule has 1 aromatic carbocycles. The van der Waals surface area contributed by atoms with E-state index in [0.717, 1.165) is 16.8 Å². The molecule has 0 fully saturated rings. The van der Waals surface area contributed by atoms with Gasteiger partial charge in [-0.15, -0.1) is 0 Å². The Morgan fingerprint density at radius 2 is 2.20 bits per heavy atom. The van der Waals surface area contributed by atoms with Crippen LogP contribution in [0.3, 0.4) is 0 Å². The third-order valence-electron chi connectivity index (χ3n) is 2.37. The molecule has 0 spiro atoms. The molecular formula is C12H15N3. The molecule has 3 nitrogen and oxygen atoms in total. The van der Waals surface area contributed by atoms with Crippen LogP contribution in [0.2, 0.25) is 0 Å². The minimum absolute atomic E-state index is 0.0570. The van der Waals surface area contributed by atoms with E-state index >= 15 is 0 Å². The van der Waals surface area contributed by atoms with Crippen molar-refractivity contribution in [2.24, 2.45) is 5.73 Å². The topological polar surface area (TPSA) is 43.8 Å². The first-order chi connectivity index (χ1) is 7.16. The standard InChI is InChI=1S/C12H15N3/c1-9-7-14-15(8-9)12-5-3-4-11(6-12)10(2)13/h3-8,10H,13H2,1-2H3/t10-/m0/s1. The van der Waals surface area contributed by atoms with E-state index in [-0.39, 0.29) is 6.04 Å². The van der Waals surface area contributed by atoms with Gasteiger partial charge < -0.3 is 5.73 Å². The number of nitrogens with two attached hydrogens (primary N) is 1. The highest BCUT2D eigenvalue weighted by Crippen LogP contribution is 2.14. The fourth-order valence-corrected chi connectivity index (χ4v) is 1.50. The molecule has 3 heteroatoms. The molecule has 2 N–H and O–H groups in total. The van der Waals surface area contributed by atoms with Gasteiger partial charge in [0.25, 0.3) is 0 Å². The summed E-state index contributed by atoms with van der Waals surface area (Å²) in [4.78, 5) is 0. The highest BCUT2D eigenvalue weighted by Gasteiger charge is 2.02. The Bertz CT molecular complexity index is 457. The van der Waals surface area contributed by atoms with E-state index in [2.05, 4.69) is 11.2 Å². The van der Waals surface area contributed by atoms with Gasteiger partial charge in [-0.1, -0.05) is 12.1 Å². The van der Waals surface area contributed by atoms with Crippen molar-refractivity contribution < 1.29 is 0 Å². The van der Waals surface area contributed by atoms with Gasteiger partial charge in [0, 0.05) is 12.2 Å². The Labute approximate surface area is 89.5 Å². The van der Waals surface area contributed by atoms with Crippen molar-refractivity contribution in [3.8, 4) is 5.69 Å². The zero-order valence-corrected chi connectivity index (χ0v) is 9.01. The van der Waals surface area contributed by atoms with Crippen molar-refractivity contribution in [2.45, 2.75) is 19.9 Å². The van der Waals surface area contributed by atoms with Crippen LogP contribution < -0.4 is 5.73 Å². The Morgan fingerprint density at radius 1 is 1.40 bits per heavy atom. The number of benzene rings is 1. The second-order valence-corrected chi connectivity index (χ2v) is 3.85. The smallest absolute Gasteiger partial charge is 0.0648 e. The summed E-state index contributed by atoms with van der Waals surface area (Å²) in [5.74, 6) is 0. The number of aryl methyl sites for hydroxylation is 1. The largest absolute Gasteiger partial charge is 0.324 e. The lowest BCUT2D eigenvalue weighted by molar-refractivity contribution is 0.809. The van der Waals surface area contributed by atoms with Crippen molar-refractivity contribution in [1.29, 1.82) is 0 Å². The second-order valence-electron chi connectivity index (χ2n) is 3.85. The van der Waals surface area contributed by atoms with E-state index < -0.39 is 0 Å². The van der Waals surface area contributed by atoms with Crippen LogP contribution in [0.4, 0.5) is 0 Å². The van der Waals surface area contributed by atoms with Gasteiger partial charge in [0.15, 0.2) is 0 Å². The van der Waals surface area contributed by atoms with E-state index in [9.17, 15) is 0 Å².